The van der Waals surface area contributed by atoms with Gasteiger partial charge in [0.25, 0.3) is 10.0 Å². The van der Waals surface area contributed by atoms with E-state index < -0.39 is 26.3 Å². The molecule has 0 aliphatic carbocycles. The van der Waals surface area contributed by atoms with Gasteiger partial charge in [0, 0.05) is 30.1 Å². The molecular formula is C24H20N2O7S. The van der Waals surface area contributed by atoms with Gasteiger partial charge in [-0.05, 0) is 55.8 Å². The van der Waals surface area contributed by atoms with E-state index >= 15 is 0 Å². The first-order chi connectivity index (χ1) is 16.2. The summed E-state index contributed by atoms with van der Waals surface area (Å²) in [6, 6.07) is 18.0. The molecule has 0 N–H and O–H groups in total. The SMILES string of the molecule is CCN(c1ccccc1)S(=O)(=O)c1ccc(Oc2ccc3c(C)cc(=O)oc3c2)c([N+](=O)[O-])c1. The number of fused-ring (bicyclic) bond motifs is 1. The second kappa shape index (κ2) is 8.99. The zero-order valence-corrected chi connectivity index (χ0v) is 19.1. The van der Waals surface area contributed by atoms with Crippen LogP contribution in [0.25, 0.3) is 11.0 Å². The van der Waals surface area contributed by atoms with E-state index in [1.165, 1.54) is 28.6 Å². The minimum absolute atomic E-state index is 0.139. The van der Waals surface area contributed by atoms with Crippen LogP contribution >= 0.6 is 0 Å². The molecule has 10 heteroatoms. The molecule has 0 atom stereocenters. The first-order valence-corrected chi connectivity index (χ1v) is 11.7. The Bertz CT molecular complexity index is 1550. The van der Waals surface area contributed by atoms with Crippen molar-refractivity contribution in [1.29, 1.82) is 0 Å². The number of nitro benzene ring substituents is 1. The molecule has 174 valence electrons. The van der Waals surface area contributed by atoms with Crippen LogP contribution in [0.5, 0.6) is 11.5 Å². The molecule has 4 rings (SSSR count). The number of ether oxygens (including phenoxy) is 1. The van der Waals surface area contributed by atoms with Crippen LogP contribution in [0, 0.1) is 17.0 Å². The number of nitrogens with zero attached hydrogens (tertiary/aromatic N) is 2. The number of benzene rings is 3. The van der Waals surface area contributed by atoms with Crippen LogP contribution in [-0.2, 0) is 10.0 Å². The molecule has 1 aromatic heterocycles. The van der Waals surface area contributed by atoms with Gasteiger partial charge in [-0.15, -0.1) is 0 Å². The van der Waals surface area contributed by atoms with Crippen molar-refractivity contribution in [3.63, 3.8) is 0 Å². The highest BCUT2D eigenvalue weighted by Gasteiger charge is 2.28. The van der Waals surface area contributed by atoms with Gasteiger partial charge < -0.3 is 9.15 Å². The third-order valence-electron chi connectivity index (χ3n) is 5.20. The molecule has 4 aromatic rings. The van der Waals surface area contributed by atoms with Crippen molar-refractivity contribution in [2.24, 2.45) is 0 Å². The van der Waals surface area contributed by atoms with Gasteiger partial charge >= 0.3 is 11.3 Å². The minimum atomic E-state index is -4.06. The first-order valence-electron chi connectivity index (χ1n) is 10.3. The third-order valence-corrected chi connectivity index (χ3v) is 7.10. The van der Waals surface area contributed by atoms with Crippen LogP contribution in [0.15, 0.2) is 86.9 Å². The average molecular weight is 480 g/mol. The summed E-state index contributed by atoms with van der Waals surface area (Å²) in [5.41, 5.74) is 0.390. The molecule has 0 radical (unpaired) electrons. The molecule has 0 aliphatic heterocycles. The van der Waals surface area contributed by atoms with E-state index in [9.17, 15) is 23.3 Å². The van der Waals surface area contributed by atoms with Crippen molar-refractivity contribution in [3.05, 3.63) is 98.9 Å². The summed E-state index contributed by atoms with van der Waals surface area (Å²) in [6.45, 7) is 3.58. The van der Waals surface area contributed by atoms with Crippen molar-refractivity contribution in [2.45, 2.75) is 18.7 Å². The monoisotopic (exact) mass is 480 g/mol. The highest BCUT2D eigenvalue weighted by molar-refractivity contribution is 7.92. The van der Waals surface area contributed by atoms with Crippen LogP contribution in [0.4, 0.5) is 11.4 Å². The number of anilines is 1. The number of para-hydroxylation sites is 1. The van der Waals surface area contributed by atoms with Crippen LogP contribution in [-0.4, -0.2) is 19.9 Å². The number of sulfonamides is 1. The zero-order chi connectivity index (χ0) is 24.5. The summed E-state index contributed by atoms with van der Waals surface area (Å²) in [6.07, 6.45) is 0. The van der Waals surface area contributed by atoms with E-state index in [-0.39, 0.29) is 28.5 Å². The van der Waals surface area contributed by atoms with Crippen molar-refractivity contribution < 1.29 is 22.5 Å². The Kier molecular flexibility index (Phi) is 6.08. The lowest BCUT2D eigenvalue weighted by Crippen LogP contribution is -2.30. The smallest absolute Gasteiger partial charge is 0.336 e. The van der Waals surface area contributed by atoms with Gasteiger partial charge in [0.2, 0.25) is 5.75 Å². The topological polar surface area (TPSA) is 120 Å². The summed E-state index contributed by atoms with van der Waals surface area (Å²) in [5, 5.41) is 12.5. The number of hydrogen-bond acceptors (Lipinski definition) is 7. The zero-order valence-electron chi connectivity index (χ0n) is 18.3. The number of nitro groups is 1. The predicted octanol–water partition coefficient (Wildman–Crippen LogP) is 5.02. The Balaban J connectivity index is 1.73. The van der Waals surface area contributed by atoms with Gasteiger partial charge in [-0.2, -0.15) is 0 Å². The molecule has 1 heterocycles. The van der Waals surface area contributed by atoms with Crippen LogP contribution < -0.4 is 14.7 Å². The Hall–Kier alpha value is -4.18. The Labute approximate surface area is 195 Å². The highest BCUT2D eigenvalue weighted by atomic mass is 32.2. The summed E-state index contributed by atoms with van der Waals surface area (Å²) in [4.78, 5) is 22.5. The van der Waals surface area contributed by atoms with Gasteiger partial charge in [-0.25, -0.2) is 13.2 Å². The van der Waals surface area contributed by atoms with E-state index in [0.29, 0.717) is 11.1 Å². The maximum Gasteiger partial charge on any atom is 0.336 e. The fourth-order valence-corrected chi connectivity index (χ4v) is 5.09. The maximum atomic E-state index is 13.2. The van der Waals surface area contributed by atoms with Crippen molar-refractivity contribution in [2.75, 3.05) is 10.8 Å². The van der Waals surface area contributed by atoms with E-state index in [0.717, 1.165) is 11.6 Å². The first kappa shape index (κ1) is 23.0. The second-order valence-corrected chi connectivity index (χ2v) is 9.26. The van der Waals surface area contributed by atoms with E-state index in [1.807, 2.05) is 0 Å². The highest BCUT2D eigenvalue weighted by Crippen LogP contribution is 2.36. The quantitative estimate of drug-likeness (QED) is 0.207. The number of aryl methyl sites for hydroxylation is 1. The van der Waals surface area contributed by atoms with Gasteiger partial charge in [0.15, 0.2) is 0 Å². The lowest BCUT2D eigenvalue weighted by Gasteiger charge is -2.23. The summed E-state index contributed by atoms with van der Waals surface area (Å²) < 4.78 is 38.5. The van der Waals surface area contributed by atoms with Crippen LogP contribution in [0.3, 0.4) is 0 Å². The molecule has 0 spiro atoms. The van der Waals surface area contributed by atoms with Gasteiger partial charge in [-0.1, -0.05) is 18.2 Å². The molecule has 0 aliphatic rings. The van der Waals surface area contributed by atoms with Crippen LogP contribution in [0.2, 0.25) is 0 Å². The minimum Gasteiger partial charge on any atom is -0.450 e. The standard InChI is InChI=1S/C24H20N2O7S/c1-3-25(17-7-5-4-6-8-17)34(30,31)19-10-12-22(21(15-19)26(28)29)32-18-9-11-20-16(2)13-24(27)33-23(20)14-18/h4-15H,3H2,1-2H3. The van der Waals surface area contributed by atoms with E-state index in [2.05, 4.69) is 0 Å². The lowest BCUT2D eigenvalue weighted by atomic mass is 10.1. The fraction of sp³-hybridized carbons (Fsp3) is 0.125. The maximum absolute atomic E-state index is 13.2. The lowest BCUT2D eigenvalue weighted by molar-refractivity contribution is -0.385. The van der Waals surface area contributed by atoms with E-state index in [1.54, 1.807) is 56.3 Å². The average Bonchev–Trinajstić information content (AvgIpc) is 2.79. The molecule has 9 nitrogen and oxygen atoms in total. The van der Waals surface area contributed by atoms with Crippen molar-refractivity contribution >= 4 is 32.4 Å². The summed E-state index contributed by atoms with van der Waals surface area (Å²) >= 11 is 0. The van der Waals surface area contributed by atoms with Crippen LogP contribution in [0.1, 0.15) is 12.5 Å². The fourth-order valence-electron chi connectivity index (χ4n) is 3.60. The van der Waals surface area contributed by atoms with Crippen molar-refractivity contribution in [3.8, 4) is 11.5 Å². The largest absolute Gasteiger partial charge is 0.450 e. The Morgan fingerprint density at radius 2 is 1.76 bits per heavy atom. The van der Waals surface area contributed by atoms with Crippen molar-refractivity contribution in [1.82, 2.24) is 0 Å². The normalized spacial score (nSPS) is 11.4. The Morgan fingerprint density at radius 1 is 1.03 bits per heavy atom. The Morgan fingerprint density at radius 3 is 2.44 bits per heavy atom. The number of rotatable bonds is 7. The molecule has 0 saturated heterocycles. The molecule has 34 heavy (non-hydrogen) atoms. The molecule has 0 bridgehead atoms. The summed E-state index contributed by atoms with van der Waals surface area (Å²) in [5.74, 6) is 0.0421. The van der Waals surface area contributed by atoms with Gasteiger partial charge in [0.05, 0.1) is 15.5 Å². The predicted molar refractivity (Wildman–Crippen MR) is 127 cm³/mol. The number of hydrogen-bond donors (Lipinski definition) is 0. The second-order valence-electron chi connectivity index (χ2n) is 7.40. The molecule has 0 fully saturated rings. The molecule has 0 saturated carbocycles. The third kappa shape index (κ3) is 4.35. The summed E-state index contributed by atoms with van der Waals surface area (Å²) in [7, 11) is -4.06. The molecule has 0 amide bonds. The van der Waals surface area contributed by atoms with Gasteiger partial charge in [0.1, 0.15) is 11.3 Å². The molecular weight excluding hydrogens is 460 g/mol. The molecule has 3 aromatic carbocycles. The molecule has 0 unspecified atom stereocenters. The van der Waals surface area contributed by atoms with E-state index in [4.69, 9.17) is 9.15 Å². The van der Waals surface area contributed by atoms with Gasteiger partial charge in [-0.3, -0.25) is 14.4 Å².